The molecule has 1 amide bonds. The van der Waals surface area contributed by atoms with Gasteiger partial charge in [0.2, 0.25) is 0 Å². The quantitative estimate of drug-likeness (QED) is 0.0509. The zero-order valence-electron chi connectivity index (χ0n) is 34.7. The number of carbonyl (C=O) groups is 3. The van der Waals surface area contributed by atoms with Crippen molar-refractivity contribution in [2.75, 3.05) is 32.8 Å². The van der Waals surface area contributed by atoms with Crippen molar-refractivity contribution in [2.24, 2.45) is 0 Å². The molecule has 0 spiro atoms. The first kappa shape index (κ1) is 48.6. The number of nitrogens with one attached hydrogen (secondary N) is 2. The number of rotatable bonds is 39. The molecule has 0 unspecified atom stereocenters. The molecule has 1 aromatic heterocycles. The van der Waals surface area contributed by atoms with Gasteiger partial charge in [-0.2, -0.15) is 0 Å². The third-order valence-electron chi connectivity index (χ3n) is 10.2. The van der Waals surface area contributed by atoms with E-state index in [2.05, 4.69) is 41.0 Å². The molecule has 53 heavy (non-hydrogen) atoms. The molecule has 1 aromatic rings. The van der Waals surface area contributed by atoms with Crippen molar-refractivity contribution in [1.29, 1.82) is 0 Å². The molecule has 0 fully saturated rings. The van der Waals surface area contributed by atoms with Crippen LogP contribution in [0.5, 0.6) is 0 Å². The fourth-order valence-corrected chi connectivity index (χ4v) is 6.81. The van der Waals surface area contributed by atoms with Crippen LogP contribution in [-0.2, 0) is 19.1 Å². The lowest BCUT2D eigenvalue weighted by atomic mass is 10.0. The number of aromatic amines is 1. The third kappa shape index (κ3) is 30.6. The first-order valence-corrected chi connectivity index (χ1v) is 22.3. The molecule has 0 aliphatic carbocycles. The molecule has 9 nitrogen and oxygen atoms in total. The maximum Gasteiger partial charge on any atom is 0.306 e. The van der Waals surface area contributed by atoms with E-state index >= 15 is 0 Å². The molecule has 0 saturated carbocycles. The molecular weight excluding hydrogens is 665 g/mol. The number of nitrogens with zero attached hydrogens (tertiary/aromatic N) is 2. The molecule has 0 radical (unpaired) electrons. The summed E-state index contributed by atoms with van der Waals surface area (Å²) in [6, 6.07) is 0. The lowest BCUT2D eigenvalue weighted by molar-refractivity contribution is -0.150. The zero-order valence-corrected chi connectivity index (χ0v) is 34.7. The van der Waals surface area contributed by atoms with Crippen LogP contribution in [0.3, 0.4) is 0 Å². The number of carbonyl (C=O) groups excluding carboxylic acids is 3. The van der Waals surface area contributed by atoms with Gasteiger partial charge in [-0.1, -0.05) is 124 Å². The van der Waals surface area contributed by atoms with E-state index in [-0.39, 0.29) is 23.9 Å². The highest BCUT2D eigenvalue weighted by molar-refractivity contribution is 5.91. The van der Waals surface area contributed by atoms with Crippen molar-refractivity contribution in [3.8, 4) is 0 Å². The van der Waals surface area contributed by atoms with Crippen LogP contribution in [0, 0.1) is 0 Å². The van der Waals surface area contributed by atoms with Crippen LogP contribution >= 0.6 is 0 Å². The van der Waals surface area contributed by atoms with Crippen LogP contribution in [0.15, 0.2) is 12.5 Å². The van der Waals surface area contributed by atoms with Gasteiger partial charge < -0.3 is 24.7 Å². The van der Waals surface area contributed by atoms with Crippen LogP contribution in [0.25, 0.3) is 0 Å². The van der Waals surface area contributed by atoms with Crippen LogP contribution < -0.4 is 5.32 Å². The summed E-state index contributed by atoms with van der Waals surface area (Å²) in [4.78, 5) is 46.4. The SMILES string of the molecule is CCCCCCCCC(CCCCCCCC)OC(=O)CCCCN(CCCCCCCCC(=O)OCCCCC)CCCCNC(=O)c1c[nH]cn1. The van der Waals surface area contributed by atoms with Crippen molar-refractivity contribution < 1.29 is 23.9 Å². The van der Waals surface area contributed by atoms with E-state index in [1.54, 1.807) is 6.20 Å². The Morgan fingerprint density at radius 3 is 1.72 bits per heavy atom. The summed E-state index contributed by atoms with van der Waals surface area (Å²) in [6.45, 7) is 10.9. The van der Waals surface area contributed by atoms with E-state index in [1.165, 1.54) is 83.4 Å². The maximum absolute atomic E-state index is 13.0. The number of hydrogen-bond donors (Lipinski definition) is 2. The highest BCUT2D eigenvalue weighted by Crippen LogP contribution is 2.18. The Balaban J connectivity index is 2.42. The standard InChI is InChI=1S/C44H82N4O5/c1-4-7-10-12-16-20-29-40(30-21-17-13-11-8-5-2)53-43(50)32-23-26-35-48(36-27-24-33-46-44(51)41-38-45-39-47-41)34-25-19-15-14-18-22-31-42(49)52-37-28-9-6-3/h38-40H,4-37H2,1-3H3,(H,45,47)(H,46,51). The van der Waals surface area contributed by atoms with Gasteiger partial charge in [0.1, 0.15) is 11.8 Å². The van der Waals surface area contributed by atoms with E-state index in [9.17, 15) is 14.4 Å². The van der Waals surface area contributed by atoms with Gasteiger partial charge in [0, 0.05) is 25.6 Å². The van der Waals surface area contributed by atoms with Gasteiger partial charge in [-0.3, -0.25) is 14.4 Å². The number of unbranched alkanes of at least 4 members (excludes halogenated alkanes) is 19. The monoisotopic (exact) mass is 747 g/mol. The van der Waals surface area contributed by atoms with E-state index in [4.69, 9.17) is 9.47 Å². The summed E-state index contributed by atoms with van der Waals surface area (Å²) in [6.07, 6.45) is 35.1. The highest BCUT2D eigenvalue weighted by Gasteiger charge is 2.15. The summed E-state index contributed by atoms with van der Waals surface area (Å²) >= 11 is 0. The van der Waals surface area contributed by atoms with Gasteiger partial charge in [-0.05, 0) is 90.3 Å². The second-order valence-electron chi connectivity index (χ2n) is 15.2. The van der Waals surface area contributed by atoms with Crippen LogP contribution in [0.4, 0.5) is 0 Å². The van der Waals surface area contributed by atoms with Gasteiger partial charge in [-0.15, -0.1) is 0 Å². The number of ether oxygens (including phenoxy) is 2. The normalized spacial score (nSPS) is 11.4. The Bertz CT molecular complexity index is 957. The van der Waals surface area contributed by atoms with Gasteiger partial charge in [-0.25, -0.2) is 4.98 Å². The summed E-state index contributed by atoms with van der Waals surface area (Å²) < 4.78 is 11.4. The predicted molar refractivity (Wildman–Crippen MR) is 219 cm³/mol. The summed E-state index contributed by atoms with van der Waals surface area (Å²) in [7, 11) is 0. The van der Waals surface area contributed by atoms with E-state index in [0.29, 0.717) is 31.7 Å². The summed E-state index contributed by atoms with van der Waals surface area (Å²) in [5.41, 5.74) is 0.420. The van der Waals surface area contributed by atoms with Gasteiger partial charge in [0.05, 0.1) is 12.9 Å². The van der Waals surface area contributed by atoms with E-state index in [1.807, 2.05) is 0 Å². The van der Waals surface area contributed by atoms with Crippen molar-refractivity contribution in [2.45, 2.75) is 213 Å². The van der Waals surface area contributed by atoms with Crippen molar-refractivity contribution in [3.63, 3.8) is 0 Å². The van der Waals surface area contributed by atoms with Gasteiger partial charge >= 0.3 is 11.9 Å². The molecule has 9 heteroatoms. The predicted octanol–water partition coefficient (Wildman–Crippen LogP) is 11.3. The Morgan fingerprint density at radius 2 is 1.11 bits per heavy atom. The first-order chi connectivity index (χ1) is 26.0. The van der Waals surface area contributed by atoms with Crippen LogP contribution in [0.1, 0.15) is 217 Å². The van der Waals surface area contributed by atoms with E-state index < -0.39 is 0 Å². The molecule has 0 atom stereocenters. The molecule has 0 bridgehead atoms. The molecule has 0 saturated heterocycles. The minimum atomic E-state index is -0.139. The van der Waals surface area contributed by atoms with Crippen molar-refractivity contribution in [1.82, 2.24) is 20.2 Å². The van der Waals surface area contributed by atoms with Crippen LogP contribution in [0.2, 0.25) is 0 Å². The van der Waals surface area contributed by atoms with Gasteiger partial charge in [0.25, 0.3) is 5.91 Å². The lowest BCUT2D eigenvalue weighted by Gasteiger charge is -2.22. The fourth-order valence-electron chi connectivity index (χ4n) is 6.81. The number of hydrogen-bond acceptors (Lipinski definition) is 7. The number of aromatic nitrogens is 2. The fraction of sp³-hybridized carbons (Fsp3) is 0.864. The summed E-state index contributed by atoms with van der Waals surface area (Å²) in [5.74, 6) is -0.206. The molecule has 0 aromatic carbocycles. The Kier molecular flexibility index (Phi) is 33.5. The Morgan fingerprint density at radius 1 is 0.623 bits per heavy atom. The first-order valence-electron chi connectivity index (χ1n) is 22.3. The topological polar surface area (TPSA) is 114 Å². The van der Waals surface area contributed by atoms with E-state index in [0.717, 1.165) is 116 Å². The zero-order chi connectivity index (χ0) is 38.5. The molecular formula is C44H82N4O5. The average Bonchev–Trinajstić information content (AvgIpc) is 3.70. The molecule has 0 aliphatic heterocycles. The Hall–Kier alpha value is -2.42. The van der Waals surface area contributed by atoms with Crippen molar-refractivity contribution in [3.05, 3.63) is 18.2 Å². The van der Waals surface area contributed by atoms with Gasteiger partial charge in [0.15, 0.2) is 0 Å². The summed E-state index contributed by atoms with van der Waals surface area (Å²) in [5, 5.41) is 2.96. The van der Waals surface area contributed by atoms with Crippen LogP contribution in [-0.4, -0.2) is 71.6 Å². The number of H-pyrrole nitrogens is 1. The van der Waals surface area contributed by atoms with Crippen molar-refractivity contribution >= 4 is 17.8 Å². The molecule has 1 heterocycles. The number of amides is 1. The lowest BCUT2D eigenvalue weighted by Crippen LogP contribution is -2.29. The molecule has 2 N–H and O–H groups in total. The molecule has 308 valence electrons. The second kappa shape index (κ2) is 36.6. The maximum atomic E-state index is 13.0. The largest absolute Gasteiger partial charge is 0.466 e. The second-order valence-corrected chi connectivity index (χ2v) is 15.2. The minimum absolute atomic E-state index is 0.0177. The smallest absolute Gasteiger partial charge is 0.306 e. The molecule has 0 aliphatic rings. The number of imidazole rings is 1. The minimum Gasteiger partial charge on any atom is -0.466 e. The Labute approximate surface area is 325 Å². The average molecular weight is 747 g/mol. The molecule has 1 rings (SSSR count). The number of esters is 2. The third-order valence-corrected chi connectivity index (χ3v) is 10.2. The highest BCUT2D eigenvalue weighted by atomic mass is 16.5.